The molecule has 62 valence electrons. The average molecular weight is 161 g/mol. The smallest absolute Gasteiger partial charge is 0.189 e. The molecule has 1 N–H and O–H groups in total. The summed E-state index contributed by atoms with van der Waals surface area (Å²) in [6.07, 6.45) is 6.81. The molecule has 0 saturated carbocycles. The van der Waals surface area contributed by atoms with Crippen LogP contribution in [-0.4, -0.2) is 4.98 Å². The molecule has 0 spiro atoms. The topological polar surface area (TPSA) is 32.9 Å². The Morgan fingerprint density at radius 3 is 2.92 bits per heavy atom. The lowest BCUT2D eigenvalue weighted by Gasteiger charge is -1.87. The van der Waals surface area contributed by atoms with Crippen molar-refractivity contribution in [2.24, 2.45) is 0 Å². The van der Waals surface area contributed by atoms with Crippen LogP contribution in [0.1, 0.15) is 6.92 Å². The normalized spacial score (nSPS) is 13.4. The third kappa shape index (κ3) is 1.53. The molecule has 0 radical (unpaired) electrons. The van der Waals surface area contributed by atoms with Crippen LogP contribution in [0.3, 0.4) is 0 Å². The summed E-state index contributed by atoms with van der Waals surface area (Å²) >= 11 is 0. The second-order valence-corrected chi connectivity index (χ2v) is 2.36. The highest BCUT2D eigenvalue weighted by molar-refractivity contribution is 5.36. The molecule has 1 aromatic rings. The van der Waals surface area contributed by atoms with Gasteiger partial charge in [0, 0.05) is 22.8 Å². The molecule has 0 aliphatic heterocycles. The van der Waals surface area contributed by atoms with Gasteiger partial charge in [-0.1, -0.05) is 18.7 Å². The van der Waals surface area contributed by atoms with Gasteiger partial charge in [0.15, 0.2) is 5.43 Å². The van der Waals surface area contributed by atoms with Gasteiger partial charge in [-0.2, -0.15) is 0 Å². The number of allylic oxidation sites excluding steroid dienone is 1. The molecule has 0 aliphatic carbocycles. The molecular formula is C10H11NO. The molecule has 0 aliphatic rings. The van der Waals surface area contributed by atoms with Crippen molar-refractivity contribution in [1.82, 2.24) is 4.98 Å². The minimum absolute atomic E-state index is 0.0155. The highest BCUT2D eigenvalue weighted by Gasteiger charge is 1.86. The van der Waals surface area contributed by atoms with E-state index in [1.807, 2.05) is 13.0 Å². The maximum absolute atomic E-state index is 11.3. The van der Waals surface area contributed by atoms with Crippen molar-refractivity contribution in [3.05, 3.63) is 45.7 Å². The molecule has 0 bridgehead atoms. The van der Waals surface area contributed by atoms with Crippen LogP contribution in [0.5, 0.6) is 0 Å². The summed E-state index contributed by atoms with van der Waals surface area (Å²) in [6, 6.07) is 1.50. The Hall–Kier alpha value is -1.57. The molecule has 0 atom stereocenters. The summed E-state index contributed by atoms with van der Waals surface area (Å²) < 4.78 is 0. The molecule has 0 amide bonds. The number of hydrogen-bond donors (Lipinski definition) is 1. The van der Waals surface area contributed by atoms with Gasteiger partial charge in [-0.05, 0) is 13.0 Å². The molecule has 0 fully saturated rings. The molecule has 0 saturated heterocycles. The van der Waals surface area contributed by atoms with E-state index in [9.17, 15) is 4.79 Å². The first kappa shape index (κ1) is 8.53. The van der Waals surface area contributed by atoms with Crippen LogP contribution in [-0.2, 0) is 0 Å². The van der Waals surface area contributed by atoms with Gasteiger partial charge in [0.1, 0.15) is 0 Å². The van der Waals surface area contributed by atoms with Gasteiger partial charge in [0.25, 0.3) is 0 Å². The summed E-state index contributed by atoms with van der Waals surface area (Å²) in [4.78, 5) is 14.2. The molecule has 1 aromatic heterocycles. The third-order valence-corrected chi connectivity index (χ3v) is 1.60. The number of rotatable bonds is 1. The number of hydrogen-bond acceptors (Lipinski definition) is 1. The second kappa shape index (κ2) is 3.72. The van der Waals surface area contributed by atoms with E-state index in [0.717, 1.165) is 5.35 Å². The lowest BCUT2D eigenvalue weighted by atomic mass is 10.3. The predicted octanol–water partition coefficient (Wildman–Crippen LogP) is 0.142. The Balaban J connectivity index is 3.76. The van der Waals surface area contributed by atoms with Gasteiger partial charge in [-0.15, -0.1) is 0 Å². The maximum atomic E-state index is 11.3. The lowest BCUT2D eigenvalue weighted by Crippen LogP contribution is -2.39. The van der Waals surface area contributed by atoms with E-state index in [1.165, 1.54) is 6.07 Å². The minimum atomic E-state index is 0.0155. The van der Waals surface area contributed by atoms with E-state index in [2.05, 4.69) is 11.6 Å². The monoisotopic (exact) mass is 161 g/mol. The summed E-state index contributed by atoms with van der Waals surface area (Å²) in [5.41, 5.74) is 0.0155. The molecule has 1 heterocycles. The number of aromatic nitrogens is 1. The van der Waals surface area contributed by atoms with Crippen molar-refractivity contribution >= 4 is 12.2 Å². The van der Waals surface area contributed by atoms with Crippen LogP contribution in [0.2, 0.25) is 0 Å². The summed E-state index contributed by atoms with van der Waals surface area (Å²) in [7, 11) is 0. The van der Waals surface area contributed by atoms with Crippen molar-refractivity contribution in [2.45, 2.75) is 6.92 Å². The zero-order valence-electron chi connectivity index (χ0n) is 7.00. The Labute approximate surface area is 70.6 Å². The van der Waals surface area contributed by atoms with Gasteiger partial charge in [0.2, 0.25) is 0 Å². The van der Waals surface area contributed by atoms with Crippen molar-refractivity contribution in [3.8, 4) is 0 Å². The predicted molar refractivity (Wildman–Crippen MR) is 51.1 cm³/mol. The molecule has 12 heavy (non-hydrogen) atoms. The minimum Gasteiger partial charge on any atom is -0.361 e. The lowest BCUT2D eigenvalue weighted by molar-refractivity contribution is 1.19. The number of pyridine rings is 1. The molecule has 0 aromatic carbocycles. The van der Waals surface area contributed by atoms with E-state index < -0.39 is 0 Å². The third-order valence-electron chi connectivity index (χ3n) is 1.60. The molecule has 2 heteroatoms. The van der Waals surface area contributed by atoms with Crippen LogP contribution in [0.15, 0.2) is 29.7 Å². The van der Waals surface area contributed by atoms with E-state index in [0.29, 0.717) is 5.22 Å². The Morgan fingerprint density at radius 1 is 1.58 bits per heavy atom. The molecule has 2 nitrogen and oxygen atoms in total. The van der Waals surface area contributed by atoms with Gasteiger partial charge in [0.05, 0.1) is 0 Å². The summed E-state index contributed by atoms with van der Waals surface area (Å²) in [5, 5.41) is 1.50. The fraction of sp³-hybridized carbons (Fsp3) is 0.100. The van der Waals surface area contributed by atoms with Crippen LogP contribution >= 0.6 is 0 Å². The first-order valence-corrected chi connectivity index (χ1v) is 3.76. The molecule has 0 unspecified atom stereocenters. The van der Waals surface area contributed by atoms with Gasteiger partial charge < -0.3 is 4.98 Å². The quantitative estimate of drug-likeness (QED) is 0.624. The fourth-order valence-corrected chi connectivity index (χ4v) is 1.04. The number of aromatic amines is 1. The Kier molecular flexibility index (Phi) is 2.64. The zero-order valence-corrected chi connectivity index (χ0v) is 7.00. The first-order valence-electron chi connectivity index (χ1n) is 3.76. The zero-order chi connectivity index (χ0) is 8.97. The molecular weight excluding hydrogens is 150 g/mol. The van der Waals surface area contributed by atoms with Crippen LogP contribution in [0.25, 0.3) is 12.2 Å². The largest absolute Gasteiger partial charge is 0.361 e. The maximum Gasteiger partial charge on any atom is 0.189 e. The summed E-state index contributed by atoms with van der Waals surface area (Å²) in [5.74, 6) is 0. The average Bonchev–Trinajstić information content (AvgIpc) is 2.09. The van der Waals surface area contributed by atoms with E-state index in [-0.39, 0.29) is 5.43 Å². The van der Waals surface area contributed by atoms with Crippen molar-refractivity contribution in [1.29, 1.82) is 0 Å². The van der Waals surface area contributed by atoms with E-state index >= 15 is 0 Å². The highest BCUT2D eigenvalue weighted by atomic mass is 16.1. The van der Waals surface area contributed by atoms with Crippen molar-refractivity contribution < 1.29 is 0 Å². The van der Waals surface area contributed by atoms with Crippen LogP contribution in [0, 0.1) is 0 Å². The second-order valence-electron chi connectivity index (χ2n) is 2.36. The van der Waals surface area contributed by atoms with E-state index in [1.54, 1.807) is 18.3 Å². The van der Waals surface area contributed by atoms with Crippen molar-refractivity contribution in [2.75, 3.05) is 0 Å². The standard InChI is InChI=1S/C10H11NO/c1-3-5-8-9(4-2)11-7-6-10(8)12/h3-7,11H,1H2,2H3/b8-5+,9-4+. The van der Waals surface area contributed by atoms with Crippen molar-refractivity contribution in [3.63, 3.8) is 0 Å². The van der Waals surface area contributed by atoms with E-state index in [4.69, 9.17) is 0 Å². The van der Waals surface area contributed by atoms with Crippen LogP contribution < -0.4 is 16.0 Å². The van der Waals surface area contributed by atoms with Gasteiger partial charge >= 0.3 is 0 Å². The fourth-order valence-electron chi connectivity index (χ4n) is 1.04. The van der Waals surface area contributed by atoms with Gasteiger partial charge in [-0.25, -0.2) is 0 Å². The first-order chi connectivity index (χ1) is 5.79. The molecule has 1 rings (SSSR count). The van der Waals surface area contributed by atoms with Crippen LogP contribution in [0.4, 0.5) is 0 Å². The summed E-state index contributed by atoms with van der Waals surface area (Å²) in [6.45, 7) is 5.43. The Bertz CT molecular complexity index is 440. The highest BCUT2D eigenvalue weighted by Crippen LogP contribution is 1.62. The number of nitrogens with one attached hydrogen (secondary N) is 1. The SMILES string of the molecule is C=C/C=c1/c(=O)cc[nH]/c1=C/C. The van der Waals surface area contributed by atoms with Gasteiger partial charge in [-0.3, -0.25) is 4.79 Å². The Morgan fingerprint density at radius 2 is 2.33 bits per heavy atom. The number of H-pyrrole nitrogens is 1.